The van der Waals surface area contributed by atoms with Gasteiger partial charge in [0.25, 0.3) is 0 Å². The number of nitrogens with one attached hydrogen (secondary N) is 1. The Kier molecular flexibility index (Phi) is 11.4. The Morgan fingerprint density at radius 2 is 1.85 bits per heavy atom. The summed E-state index contributed by atoms with van der Waals surface area (Å²) in [7, 11) is 3.26. The summed E-state index contributed by atoms with van der Waals surface area (Å²) < 4.78 is 6.12. The molecule has 0 spiro atoms. The molecule has 3 amide bonds. The number of benzene rings is 1. The van der Waals surface area contributed by atoms with Crippen LogP contribution in [-0.4, -0.2) is 54.6 Å². The summed E-state index contributed by atoms with van der Waals surface area (Å²) in [6, 6.07) is 10.9. The number of methoxy groups -OCH3 is 1. The van der Waals surface area contributed by atoms with Crippen LogP contribution in [-0.2, 0) is 14.4 Å². The fraction of sp³-hybridized carbons (Fsp3) is 0.458. The Morgan fingerprint density at radius 3 is 2.44 bits per heavy atom. The highest BCUT2D eigenvalue weighted by Gasteiger charge is 2.25. The molecule has 8 nitrogen and oxygen atoms in total. The highest BCUT2D eigenvalue weighted by Crippen LogP contribution is 2.25. The lowest BCUT2D eigenvalue weighted by atomic mass is 9.93. The van der Waals surface area contributed by atoms with Crippen molar-refractivity contribution in [3.8, 4) is 5.75 Å². The van der Waals surface area contributed by atoms with E-state index in [1.165, 1.54) is 28.0 Å². The van der Waals surface area contributed by atoms with Gasteiger partial charge in [0, 0.05) is 38.0 Å². The van der Waals surface area contributed by atoms with Crippen LogP contribution < -0.4 is 15.0 Å². The molecule has 0 bridgehead atoms. The maximum atomic E-state index is 12.8. The molecule has 34 heavy (non-hydrogen) atoms. The van der Waals surface area contributed by atoms with E-state index in [9.17, 15) is 19.6 Å². The van der Waals surface area contributed by atoms with E-state index in [4.69, 9.17) is 4.74 Å². The molecule has 1 atom stereocenters. The number of nitrogens with zero attached hydrogens (tertiary/aromatic N) is 2. The third-order valence-corrected chi connectivity index (χ3v) is 7.23. The molecule has 0 fully saturated rings. The molecule has 1 aromatic carbocycles. The highest BCUT2D eigenvalue weighted by atomic mass is 32.2. The highest BCUT2D eigenvalue weighted by molar-refractivity contribution is 8.01. The molecule has 1 aromatic heterocycles. The molecule has 0 aliphatic carbocycles. The number of carbonyl (C=O) groups is 3. The number of hydrogen-bond acceptors (Lipinski definition) is 7. The third-order valence-electron chi connectivity index (χ3n) is 5.13. The molecule has 1 heterocycles. The molecular formula is C24H33N3O5S2. The monoisotopic (exact) mass is 507 g/mol. The molecule has 0 radical (unpaired) electrons. The van der Waals surface area contributed by atoms with Crippen LogP contribution in [0, 0.1) is 11.8 Å². The second kappa shape index (κ2) is 14.0. The van der Waals surface area contributed by atoms with Gasteiger partial charge >= 0.3 is 0 Å². The van der Waals surface area contributed by atoms with E-state index in [1.807, 2.05) is 31.4 Å². The summed E-state index contributed by atoms with van der Waals surface area (Å²) in [5.74, 6) is -0.520. The zero-order valence-electron chi connectivity index (χ0n) is 20.0. The second-order valence-corrected chi connectivity index (χ2v) is 10.4. The largest absolute Gasteiger partial charge is 0.497 e. The fourth-order valence-corrected chi connectivity index (χ4v) is 4.88. The molecular weight excluding hydrogens is 474 g/mol. The molecule has 0 saturated carbocycles. The third kappa shape index (κ3) is 9.00. The molecule has 2 aromatic rings. The van der Waals surface area contributed by atoms with Gasteiger partial charge in [0.1, 0.15) is 5.75 Å². The smallest absolute Gasteiger partial charge is 0.247 e. The molecule has 0 saturated heterocycles. The molecule has 2 N–H and O–H groups in total. The topological polar surface area (TPSA) is 99.2 Å². The maximum absolute atomic E-state index is 12.8. The van der Waals surface area contributed by atoms with Gasteiger partial charge in [0.15, 0.2) is 0 Å². The minimum Gasteiger partial charge on any atom is -0.497 e. The number of hydroxylamine groups is 2. The van der Waals surface area contributed by atoms with E-state index in [0.717, 1.165) is 9.90 Å². The number of anilines is 1. The molecule has 186 valence electrons. The van der Waals surface area contributed by atoms with Crippen LogP contribution in [0.4, 0.5) is 5.69 Å². The van der Waals surface area contributed by atoms with Crippen molar-refractivity contribution < 1.29 is 24.3 Å². The fourth-order valence-electron chi connectivity index (χ4n) is 3.27. The molecule has 2 rings (SSSR count). The van der Waals surface area contributed by atoms with Crippen LogP contribution in [0.1, 0.15) is 33.1 Å². The van der Waals surface area contributed by atoms with Gasteiger partial charge in [-0.25, -0.2) is 5.06 Å². The predicted molar refractivity (Wildman–Crippen MR) is 135 cm³/mol. The lowest BCUT2D eigenvalue weighted by molar-refractivity contribution is -0.163. The summed E-state index contributed by atoms with van der Waals surface area (Å²) in [5.41, 5.74) is 0.726. The summed E-state index contributed by atoms with van der Waals surface area (Å²) in [6.45, 7) is 4.11. The standard InChI is InChI=1S/C24H33N3O5S2/c1-17(2)14-18(15-22(29)27(31)16-34-23-6-5-13-33-23)24(30)25-12-11-21(28)26(3)19-7-9-20(32-4)10-8-19/h5-10,13,17-18,31H,11-12,14-16H2,1-4H3,(H,25,30)/t18-/m1/s1. The predicted octanol–water partition coefficient (Wildman–Crippen LogP) is 4.25. The summed E-state index contributed by atoms with van der Waals surface area (Å²) in [6.07, 6.45) is 0.536. The number of hydrogen-bond donors (Lipinski definition) is 2. The Bertz CT molecular complexity index is 919. The average Bonchev–Trinajstić information content (AvgIpc) is 3.34. The molecule has 0 aliphatic rings. The van der Waals surface area contributed by atoms with Gasteiger partial charge < -0.3 is 15.0 Å². The van der Waals surface area contributed by atoms with Crippen molar-refractivity contribution in [3.05, 3.63) is 41.8 Å². The van der Waals surface area contributed by atoms with Crippen molar-refractivity contribution in [1.29, 1.82) is 0 Å². The van der Waals surface area contributed by atoms with Crippen molar-refractivity contribution in [2.75, 3.05) is 31.5 Å². The van der Waals surface area contributed by atoms with Crippen LogP contribution >= 0.6 is 23.1 Å². The number of thioether (sulfide) groups is 1. The van der Waals surface area contributed by atoms with Crippen LogP contribution in [0.25, 0.3) is 0 Å². The van der Waals surface area contributed by atoms with Gasteiger partial charge in [-0.05, 0) is 48.1 Å². The van der Waals surface area contributed by atoms with Crippen LogP contribution in [0.3, 0.4) is 0 Å². The van der Waals surface area contributed by atoms with Crippen LogP contribution in [0.5, 0.6) is 5.75 Å². The van der Waals surface area contributed by atoms with Gasteiger partial charge in [0.2, 0.25) is 17.7 Å². The Hall–Kier alpha value is -2.56. The molecule has 10 heteroatoms. The number of carbonyl (C=O) groups excluding carboxylic acids is 3. The van der Waals surface area contributed by atoms with Crippen LogP contribution in [0.2, 0.25) is 0 Å². The van der Waals surface area contributed by atoms with E-state index in [1.54, 1.807) is 38.4 Å². The summed E-state index contributed by atoms with van der Waals surface area (Å²) in [4.78, 5) is 39.3. The van der Waals surface area contributed by atoms with Crippen molar-refractivity contribution in [2.45, 2.75) is 37.3 Å². The minimum absolute atomic E-state index is 0.0921. The van der Waals surface area contributed by atoms with Gasteiger partial charge in [-0.3, -0.25) is 19.6 Å². The normalized spacial score (nSPS) is 11.7. The first-order valence-corrected chi connectivity index (χ1v) is 12.9. The summed E-state index contributed by atoms with van der Waals surface area (Å²) >= 11 is 2.89. The number of thiophene rings is 1. The van der Waals surface area contributed by atoms with Gasteiger partial charge in [0.05, 0.1) is 17.2 Å². The van der Waals surface area contributed by atoms with E-state index in [-0.39, 0.29) is 43.0 Å². The Labute approximate surface area is 209 Å². The van der Waals surface area contributed by atoms with Gasteiger partial charge in [-0.15, -0.1) is 11.3 Å². The van der Waals surface area contributed by atoms with Crippen molar-refractivity contribution in [1.82, 2.24) is 10.4 Å². The molecule has 0 unspecified atom stereocenters. The summed E-state index contributed by atoms with van der Waals surface area (Å²) in [5, 5.41) is 15.5. The van der Waals surface area contributed by atoms with Crippen molar-refractivity contribution in [3.63, 3.8) is 0 Å². The Morgan fingerprint density at radius 1 is 1.15 bits per heavy atom. The number of amides is 3. The van der Waals surface area contributed by atoms with E-state index in [2.05, 4.69) is 5.32 Å². The van der Waals surface area contributed by atoms with Crippen LogP contribution in [0.15, 0.2) is 46.0 Å². The maximum Gasteiger partial charge on any atom is 0.247 e. The average molecular weight is 508 g/mol. The van der Waals surface area contributed by atoms with Gasteiger partial charge in [-0.1, -0.05) is 31.7 Å². The zero-order valence-corrected chi connectivity index (χ0v) is 21.7. The van der Waals surface area contributed by atoms with E-state index >= 15 is 0 Å². The van der Waals surface area contributed by atoms with E-state index < -0.39 is 11.8 Å². The first kappa shape index (κ1) is 27.7. The first-order valence-electron chi connectivity index (χ1n) is 11.0. The second-order valence-electron chi connectivity index (χ2n) is 8.22. The quantitative estimate of drug-likeness (QED) is 0.182. The number of ether oxygens (including phenoxy) is 1. The SMILES string of the molecule is COc1ccc(N(C)C(=O)CCNC(=O)[C@@H](CC(=O)N(O)CSc2cccs2)CC(C)C)cc1. The lowest BCUT2D eigenvalue weighted by Gasteiger charge is -2.21. The lowest BCUT2D eigenvalue weighted by Crippen LogP contribution is -2.38. The minimum atomic E-state index is -0.580. The zero-order chi connectivity index (χ0) is 25.1. The first-order chi connectivity index (χ1) is 16.2. The van der Waals surface area contributed by atoms with E-state index in [0.29, 0.717) is 17.2 Å². The van der Waals surface area contributed by atoms with Crippen molar-refractivity contribution >= 4 is 46.5 Å². The number of rotatable bonds is 13. The van der Waals surface area contributed by atoms with Gasteiger partial charge in [-0.2, -0.15) is 0 Å². The van der Waals surface area contributed by atoms with Crippen molar-refractivity contribution in [2.24, 2.45) is 11.8 Å². The molecule has 0 aliphatic heterocycles. The Balaban J connectivity index is 1.83.